The van der Waals surface area contributed by atoms with E-state index in [1.807, 2.05) is 31.2 Å². The lowest BCUT2D eigenvalue weighted by molar-refractivity contribution is -0.115. The van der Waals surface area contributed by atoms with Gasteiger partial charge in [0.1, 0.15) is 0 Å². The summed E-state index contributed by atoms with van der Waals surface area (Å²) >= 11 is 1.28. The lowest BCUT2D eigenvalue weighted by Gasteiger charge is -2.16. The van der Waals surface area contributed by atoms with Crippen LogP contribution in [0.1, 0.15) is 24.5 Å². The van der Waals surface area contributed by atoms with Crippen molar-refractivity contribution in [3.8, 4) is 0 Å². The number of fused-ring (bicyclic) bond motifs is 2. The van der Waals surface area contributed by atoms with Gasteiger partial charge in [-0.25, -0.2) is 4.98 Å². The Kier molecular flexibility index (Phi) is 5.53. The van der Waals surface area contributed by atoms with Gasteiger partial charge in [-0.1, -0.05) is 36.0 Å². The van der Waals surface area contributed by atoms with E-state index in [2.05, 4.69) is 29.0 Å². The Morgan fingerprint density at radius 3 is 2.90 bits per heavy atom. The molecule has 29 heavy (non-hydrogen) atoms. The van der Waals surface area contributed by atoms with Crippen molar-refractivity contribution >= 4 is 34.3 Å². The van der Waals surface area contributed by atoms with Gasteiger partial charge in [0, 0.05) is 12.2 Å². The third-order valence-electron chi connectivity index (χ3n) is 5.16. The number of thioether (sulfide) groups is 1. The molecule has 1 aromatic heterocycles. The van der Waals surface area contributed by atoms with E-state index in [0.717, 1.165) is 18.5 Å². The lowest BCUT2D eigenvalue weighted by Crippen LogP contribution is -2.26. The Hall–Kier alpha value is -2.86. The highest BCUT2D eigenvalue weighted by Gasteiger charge is 2.20. The number of aryl methyl sites for hydroxylation is 2. The molecule has 0 unspecified atom stereocenters. The van der Waals surface area contributed by atoms with Gasteiger partial charge in [-0.05, 0) is 61.6 Å². The van der Waals surface area contributed by atoms with Crippen LogP contribution in [0.4, 0.5) is 5.69 Å². The first kappa shape index (κ1) is 19.5. The number of nitrogens with zero attached hydrogens (tertiary/aromatic N) is 2. The molecule has 0 radical (unpaired) electrons. The standard InChI is InChI=1S/C23H23N3O2S/c1-3-13-26-22(28)19-9-4-5-10-20(19)25-23(26)29-15(2)21(27)24-18-12-11-16-7-6-8-17(16)14-18/h3-5,9-12,14-15H,1,6-8,13H2,2H3,(H,24,27)/t15-/m1/s1. The second-order valence-electron chi connectivity index (χ2n) is 7.20. The van der Waals surface area contributed by atoms with Gasteiger partial charge in [0.05, 0.1) is 16.2 Å². The molecule has 0 saturated carbocycles. The van der Waals surface area contributed by atoms with Gasteiger partial charge in [0.25, 0.3) is 5.56 Å². The van der Waals surface area contributed by atoms with Crippen LogP contribution in [-0.2, 0) is 24.2 Å². The molecule has 1 N–H and O–H groups in total. The number of benzene rings is 2. The van der Waals surface area contributed by atoms with Gasteiger partial charge in [0.15, 0.2) is 5.16 Å². The molecular formula is C23H23N3O2S. The fourth-order valence-corrected chi connectivity index (χ4v) is 4.55. The van der Waals surface area contributed by atoms with Gasteiger partial charge in [-0.15, -0.1) is 6.58 Å². The Morgan fingerprint density at radius 1 is 1.28 bits per heavy atom. The van der Waals surface area contributed by atoms with Crippen LogP contribution < -0.4 is 10.9 Å². The fraction of sp³-hybridized carbons (Fsp3) is 0.261. The molecule has 0 fully saturated rings. The highest BCUT2D eigenvalue weighted by atomic mass is 32.2. The first-order valence-corrected chi connectivity index (χ1v) is 10.6. The summed E-state index contributed by atoms with van der Waals surface area (Å²) in [7, 11) is 0. The molecule has 1 atom stereocenters. The molecular weight excluding hydrogens is 382 g/mol. The first-order valence-electron chi connectivity index (χ1n) is 9.76. The van der Waals surface area contributed by atoms with Gasteiger partial charge in [-0.2, -0.15) is 0 Å². The molecule has 6 heteroatoms. The van der Waals surface area contributed by atoms with Gasteiger partial charge < -0.3 is 5.32 Å². The largest absolute Gasteiger partial charge is 0.325 e. The van der Waals surface area contributed by atoms with Crippen molar-refractivity contribution in [1.82, 2.24) is 9.55 Å². The number of carbonyl (C=O) groups excluding carboxylic acids is 1. The van der Waals surface area contributed by atoms with Crippen LogP contribution in [0.3, 0.4) is 0 Å². The normalized spacial score (nSPS) is 13.8. The van der Waals surface area contributed by atoms with Gasteiger partial charge in [0.2, 0.25) is 5.91 Å². The molecule has 148 valence electrons. The summed E-state index contributed by atoms with van der Waals surface area (Å²) in [6, 6.07) is 13.4. The predicted octanol–water partition coefficient (Wildman–Crippen LogP) is 4.19. The molecule has 0 saturated heterocycles. The third kappa shape index (κ3) is 3.98. The Balaban J connectivity index is 1.57. The molecule has 4 rings (SSSR count). The molecule has 1 aliphatic rings. The van der Waals surface area contributed by atoms with Crippen LogP contribution in [0, 0.1) is 0 Å². The van der Waals surface area contributed by atoms with Crippen molar-refractivity contribution in [3.63, 3.8) is 0 Å². The summed E-state index contributed by atoms with van der Waals surface area (Å²) in [5, 5.41) is 3.67. The second kappa shape index (κ2) is 8.25. The summed E-state index contributed by atoms with van der Waals surface area (Å²) in [6.07, 6.45) is 5.02. The van der Waals surface area contributed by atoms with E-state index < -0.39 is 5.25 Å². The quantitative estimate of drug-likeness (QED) is 0.379. The van der Waals surface area contributed by atoms with E-state index in [-0.39, 0.29) is 11.5 Å². The summed E-state index contributed by atoms with van der Waals surface area (Å²) in [5.74, 6) is -0.111. The highest BCUT2D eigenvalue weighted by Crippen LogP contribution is 2.27. The van der Waals surface area contributed by atoms with Crippen molar-refractivity contribution in [2.24, 2.45) is 0 Å². The molecule has 3 aromatic rings. The van der Waals surface area contributed by atoms with Crippen LogP contribution in [0.5, 0.6) is 0 Å². The van der Waals surface area contributed by atoms with E-state index in [4.69, 9.17) is 0 Å². The van der Waals surface area contributed by atoms with Crippen molar-refractivity contribution in [2.75, 3.05) is 5.32 Å². The number of amides is 1. The molecule has 1 aliphatic carbocycles. The number of allylic oxidation sites excluding steroid dienone is 1. The van der Waals surface area contributed by atoms with Gasteiger partial charge in [-0.3, -0.25) is 14.2 Å². The number of nitrogens with one attached hydrogen (secondary N) is 1. The SMILES string of the molecule is C=CCn1c(S[C@H](C)C(=O)Nc2ccc3c(c2)CCC3)nc2ccccc2c1=O. The number of hydrogen-bond donors (Lipinski definition) is 1. The number of carbonyl (C=O) groups is 1. The minimum absolute atomic E-state index is 0.111. The second-order valence-corrected chi connectivity index (χ2v) is 8.51. The van der Waals surface area contributed by atoms with Crippen molar-refractivity contribution in [2.45, 2.75) is 43.1 Å². The van der Waals surface area contributed by atoms with E-state index >= 15 is 0 Å². The minimum atomic E-state index is -0.410. The van der Waals surface area contributed by atoms with Gasteiger partial charge >= 0.3 is 0 Å². The summed E-state index contributed by atoms with van der Waals surface area (Å²) in [5.41, 5.74) is 4.02. The molecule has 1 amide bonds. The van der Waals surface area contributed by atoms with Crippen LogP contribution in [-0.4, -0.2) is 20.7 Å². The molecule has 2 aromatic carbocycles. The zero-order valence-electron chi connectivity index (χ0n) is 16.4. The number of aromatic nitrogens is 2. The first-order chi connectivity index (χ1) is 14.1. The van der Waals surface area contributed by atoms with Crippen LogP contribution >= 0.6 is 11.8 Å². The van der Waals surface area contributed by atoms with E-state index in [0.29, 0.717) is 22.6 Å². The highest BCUT2D eigenvalue weighted by molar-refractivity contribution is 8.00. The van der Waals surface area contributed by atoms with Crippen LogP contribution in [0.2, 0.25) is 0 Å². The fourth-order valence-electron chi connectivity index (χ4n) is 3.63. The van der Waals surface area contributed by atoms with Crippen LogP contribution in [0.25, 0.3) is 10.9 Å². The zero-order valence-corrected chi connectivity index (χ0v) is 17.2. The Labute approximate surface area is 173 Å². The van der Waals surface area contributed by atoms with Crippen molar-refractivity contribution < 1.29 is 4.79 Å². The summed E-state index contributed by atoms with van der Waals surface area (Å²) in [6.45, 7) is 5.91. The molecule has 5 nitrogen and oxygen atoms in total. The third-order valence-corrected chi connectivity index (χ3v) is 6.25. The topological polar surface area (TPSA) is 64.0 Å². The average molecular weight is 406 g/mol. The maximum absolute atomic E-state index is 12.9. The lowest BCUT2D eigenvalue weighted by atomic mass is 10.1. The van der Waals surface area contributed by atoms with E-state index in [9.17, 15) is 9.59 Å². The summed E-state index contributed by atoms with van der Waals surface area (Å²) < 4.78 is 1.57. The number of hydrogen-bond acceptors (Lipinski definition) is 4. The maximum atomic E-state index is 12.9. The molecule has 0 aliphatic heterocycles. The molecule has 0 bridgehead atoms. The number of para-hydroxylation sites is 1. The number of rotatable bonds is 6. The molecule has 1 heterocycles. The Morgan fingerprint density at radius 2 is 2.07 bits per heavy atom. The molecule has 0 spiro atoms. The zero-order chi connectivity index (χ0) is 20.4. The van der Waals surface area contributed by atoms with E-state index in [1.54, 1.807) is 16.7 Å². The van der Waals surface area contributed by atoms with Crippen molar-refractivity contribution in [1.29, 1.82) is 0 Å². The summed E-state index contributed by atoms with van der Waals surface area (Å²) in [4.78, 5) is 30.2. The minimum Gasteiger partial charge on any atom is -0.325 e. The number of anilines is 1. The van der Waals surface area contributed by atoms with E-state index in [1.165, 1.54) is 29.3 Å². The van der Waals surface area contributed by atoms with Crippen LogP contribution in [0.15, 0.2) is 65.1 Å². The smallest absolute Gasteiger partial charge is 0.262 e. The average Bonchev–Trinajstić information content (AvgIpc) is 3.18. The Bertz CT molecular complexity index is 1150. The van der Waals surface area contributed by atoms with Crippen molar-refractivity contribution in [3.05, 3.63) is 76.6 Å². The monoisotopic (exact) mass is 405 g/mol. The predicted molar refractivity (Wildman–Crippen MR) is 119 cm³/mol. The maximum Gasteiger partial charge on any atom is 0.262 e.